The largest absolute Gasteiger partial charge is 0.325 e. The van der Waals surface area contributed by atoms with Gasteiger partial charge in [-0.3, -0.25) is 9.59 Å². The maximum Gasteiger partial charge on any atom is 0.234 e. The van der Waals surface area contributed by atoms with Crippen LogP contribution in [0, 0.1) is 5.92 Å². The van der Waals surface area contributed by atoms with Crippen molar-refractivity contribution >= 4 is 17.4 Å². The van der Waals surface area contributed by atoms with Gasteiger partial charge in [-0.2, -0.15) is 0 Å². The number of anilines is 1. The van der Waals surface area contributed by atoms with Crippen molar-refractivity contribution in [3.8, 4) is 0 Å². The standard InChI is InChI=1S/C19H27NO2/c21-18-15-11-6-4-2-1-3-5-10-14-17(18)19(22)20-16-12-8-7-9-13-16/h7-9,12-13,17H,1-6,10-11,14-15H2,(H,20,22)/t17-/m0/s1. The third-order valence-corrected chi connectivity index (χ3v) is 4.41. The van der Waals surface area contributed by atoms with Crippen LogP contribution in [0.4, 0.5) is 5.69 Å². The van der Waals surface area contributed by atoms with Gasteiger partial charge in [-0.05, 0) is 25.0 Å². The molecule has 0 aromatic heterocycles. The second-order valence-corrected chi connectivity index (χ2v) is 6.24. The Morgan fingerprint density at radius 3 is 2.14 bits per heavy atom. The van der Waals surface area contributed by atoms with Gasteiger partial charge in [0.2, 0.25) is 5.91 Å². The van der Waals surface area contributed by atoms with Crippen LogP contribution in [0.25, 0.3) is 0 Å². The number of ketones is 1. The zero-order valence-corrected chi connectivity index (χ0v) is 13.4. The Balaban J connectivity index is 1.96. The number of hydrogen-bond donors (Lipinski definition) is 1. The summed E-state index contributed by atoms with van der Waals surface area (Å²) >= 11 is 0. The number of carbonyl (C=O) groups excluding carboxylic acids is 2. The molecule has 0 unspecified atom stereocenters. The first kappa shape index (κ1) is 16.7. The second kappa shape index (κ2) is 9.39. The molecule has 3 heteroatoms. The first-order valence-electron chi connectivity index (χ1n) is 8.66. The smallest absolute Gasteiger partial charge is 0.234 e. The van der Waals surface area contributed by atoms with Crippen molar-refractivity contribution in [2.45, 2.75) is 64.2 Å². The zero-order valence-electron chi connectivity index (χ0n) is 13.4. The van der Waals surface area contributed by atoms with Crippen LogP contribution in [0.5, 0.6) is 0 Å². The summed E-state index contributed by atoms with van der Waals surface area (Å²) in [5.41, 5.74) is 0.770. The summed E-state index contributed by atoms with van der Waals surface area (Å²) in [6, 6.07) is 9.41. The molecule has 1 atom stereocenters. The quantitative estimate of drug-likeness (QED) is 0.803. The average Bonchev–Trinajstić information content (AvgIpc) is 2.51. The topological polar surface area (TPSA) is 46.2 Å². The molecular formula is C19H27NO2. The minimum Gasteiger partial charge on any atom is -0.325 e. The van der Waals surface area contributed by atoms with E-state index in [0.29, 0.717) is 12.8 Å². The molecule has 0 radical (unpaired) electrons. The van der Waals surface area contributed by atoms with E-state index in [1.807, 2.05) is 30.3 Å². The van der Waals surface area contributed by atoms with Crippen LogP contribution in [-0.2, 0) is 9.59 Å². The molecule has 0 heterocycles. The van der Waals surface area contributed by atoms with E-state index in [0.717, 1.165) is 31.4 Å². The SMILES string of the molecule is O=C1CCCCCCCCCC[C@@H]1C(=O)Nc1ccccc1. The molecule has 1 saturated carbocycles. The van der Waals surface area contributed by atoms with E-state index in [-0.39, 0.29) is 11.7 Å². The Bertz CT molecular complexity index is 470. The lowest BCUT2D eigenvalue weighted by Gasteiger charge is -2.16. The predicted octanol–water partition coefficient (Wildman–Crippen LogP) is 4.73. The molecule has 1 aromatic carbocycles. The summed E-state index contributed by atoms with van der Waals surface area (Å²) in [5, 5.41) is 2.89. The van der Waals surface area contributed by atoms with Gasteiger partial charge < -0.3 is 5.32 Å². The van der Waals surface area contributed by atoms with E-state index in [1.54, 1.807) is 0 Å². The average molecular weight is 301 g/mol. The fourth-order valence-corrected chi connectivity index (χ4v) is 3.07. The highest BCUT2D eigenvalue weighted by Gasteiger charge is 2.25. The van der Waals surface area contributed by atoms with Gasteiger partial charge >= 0.3 is 0 Å². The Hall–Kier alpha value is -1.64. The molecular weight excluding hydrogens is 274 g/mol. The number of benzene rings is 1. The van der Waals surface area contributed by atoms with Gasteiger partial charge in [-0.25, -0.2) is 0 Å². The molecule has 1 aliphatic carbocycles. The predicted molar refractivity (Wildman–Crippen MR) is 89.7 cm³/mol. The molecule has 0 bridgehead atoms. The number of rotatable bonds is 2. The van der Waals surface area contributed by atoms with Crippen molar-refractivity contribution in [2.24, 2.45) is 5.92 Å². The minimum atomic E-state index is -0.473. The Morgan fingerprint density at radius 2 is 1.45 bits per heavy atom. The maximum absolute atomic E-state index is 12.5. The van der Waals surface area contributed by atoms with E-state index in [4.69, 9.17) is 0 Å². The van der Waals surface area contributed by atoms with Gasteiger partial charge in [-0.1, -0.05) is 63.1 Å². The highest BCUT2D eigenvalue weighted by Crippen LogP contribution is 2.20. The van der Waals surface area contributed by atoms with Crippen molar-refractivity contribution in [2.75, 3.05) is 5.32 Å². The lowest BCUT2D eigenvalue weighted by Crippen LogP contribution is -2.29. The van der Waals surface area contributed by atoms with Crippen LogP contribution in [0.15, 0.2) is 30.3 Å². The summed E-state index contributed by atoms with van der Waals surface area (Å²) in [4.78, 5) is 24.9. The molecule has 120 valence electrons. The first-order valence-corrected chi connectivity index (χ1v) is 8.66. The first-order chi connectivity index (χ1) is 10.8. The van der Waals surface area contributed by atoms with Crippen molar-refractivity contribution in [1.29, 1.82) is 0 Å². The number of carbonyl (C=O) groups is 2. The molecule has 2 rings (SSSR count). The third kappa shape index (κ3) is 5.63. The van der Waals surface area contributed by atoms with Crippen LogP contribution in [0.2, 0.25) is 0 Å². The number of nitrogens with one attached hydrogen (secondary N) is 1. The molecule has 0 aliphatic heterocycles. The Labute approximate surface area is 133 Å². The number of hydrogen-bond acceptors (Lipinski definition) is 2. The van der Waals surface area contributed by atoms with Crippen molar-refractivity contribution in [3.05, 3.63) is 30.3 Å². The maximum atomic E-state index is 12.5. The van der Waals surface area contributed by atoms with E-state index in [1.165, 1.54) is 25.7 Å². The Morgan fingerprint density at radius 1 is 0.864 bits per heavy atom. The van der Waals surface area contributed by atoms with Gasteiger partial charge in [0, 0.05) is 12.1 Å². The number of para-hydroxylation sites is 1. The van der Waals surface area contributed by atoms with Crippen molar-refractivity contribution in [3.63, 3.8) is 0 Å². The normalized spacial score (nSPS) is 21.5. The summed E-state index contributed by atoms with van der Waals surface area (Å²) in [6.07, 6.45) is 10.4. The van der Waals surface area contributed by atoms with Crippen LogP contribution >= 0.6 is 0 Å². The van der Waals surface area contributed by atoms with E-state index in [2.05, 4.69) is 5.32 Å². The third-order valence-electron chi connectivity index (χ3n) is 4.41. The van der Waals surface area contributed by atoms with Gasteiger partial charge in [0.15, 0.2) is 0 Å². The highest BCUT2D eigenvalue weighted by atomic mass is 16.2. The molecule has 1 aliphatic rings. The summed E-state index contributed by atoms with van der Waals surface area (Å²) in [7, 11) is 0. The summed E-state index contributed by atoms with van der Waals surface area (Å²) in [6.45, 7) is 0. The fourth-order valence-electron chi connectivity index (χ4n) is 3.07. The van der Waals surface area contributed by atoms with Crippen LogP contribution in [-0.4, -0.2) is 11.7 Å². The van der Waals surface area contributed by atoms with Gasteiger partial charge in [0.1, 0.15) is 5.78 Å². The van der Waals surface area contributed by atoms with E-state index < -0.39 is 5.92 Å². The molecule has 1 aromatic rings. The van der Waals surface area contributed by atoms with Crippen LogP contribution < -0.4 is 5.32 Å². The van der Waals surface area contributed by atoms with Crippen molar-refractivity contribution in [1.82, 2.24) is 0 Å². The van der Waals surface area contributed by atoms with Gasteiger partial charge in [-0.15, -0.1) is 0 Å². The molecule has 1 amide bonds. The molecule has 3 nitrogen and oxygen atoms in total. The van der Waals surface area contributed by atoms with Gasteiger partial charge in [0.25, 0.3) is 0 Å². The Kier molecular flexibility index (Phi) is 7.14. The van der Waals surface area contributed by atoms with E-state index in [9.17, 15) is 9.59 Å². The highest BCUT2D eigenvalue weighted by molar-refractivity contribution is 6.07. The zero-order chi connectivity index (χ0) is 15.6. The number of Topliss-reactive ketones (excluding diaryl/α,β-unsaturated/α-hetero) is 1. The lowest BCUT2D eigenvalue weighted by atomic mass is 9.91. The summed E-state index contributed by atoms with van der Waals surface area (Å²) < 4.78 is 0. The van der Waals surface area contributed by atoms with Crippen molar-refractivity contribution < 1.29 is 9.59 Å². The number of amides is 1. The molecule has 0 spiro atoms. The summed E-state index contributed by atoms with van der Waals surface area (Å²) in [5.74, 6) is -0.484. The molecule has 0 saturated heterocycles. The molecule has 1 fully saturated rings. The molecule has 1 N–H and O–H groups in total. The van der Waals surface area contributed by atoms with Crippen LogP contribution in [0.1, 0.15) is 64.2 Å². The second-order valence-electron chi connectivity index (χ2n) is 6.24. The monoisotopic (exact) mass is 301 g/mol. The molecule has 22 heavy (non-hydrogen) atoms. The van der Waals surface area contributed by atoms with Crippen LogP contribution in [0.3, 0.4) is 0 Å². The van der Waals surface area contributed by atoms with E-state index >= 15 is 0 Å². The lowest BCUT2D eigenvalue weighted by molar-refractivity contribution is -0.131. The van der Waals surface area contributed by atoms with Gasteiger partial charge in [0.05, 0.1) is 5.92 Å². The fraction of sp³-hybridized carbons (Fsp3) is 0.579. The minimum absolute atomic E-state index is 0.119.